The van der Waals surface area contributed by atoms with E-state index in [2.05, 4.69) is 5.32 Å². The molecule has 1 heterocycles. The molecule has 1 saturated heterocycles. The number of carbonyl (C=O) groups excluding carboxylic acids is 1. The Labute approximate surface area is 136 Å². The van der Waals surface area contributed by atoms with Crippen molar-refractivity contribution in [3.8, 4) is 0 Å². The summed E-state index contributed by atoms with van der Waals surface area (Å²) >= 11 is 5.85. The Kier molecular flexibility index (Phi) is 5.47. The summed E-state index contributed by atoms with van der Waals surface area (Å²) in [7, 11) is -3.24. The number of rotatable bonds is 4. The molecule has 1 N–H and O–H groups in total. The van der Waals surface area contributed by atoms with Gasteiger partial charge < -0.3 is 5.32 Å². The number of hydrogen-bond acceptors (Lipinski definition) is 3. The molecule has 1 aromatic carbocycles. The van der Waals surface area contributed by atoms with Gasteiger partial charge in [-0.05, 0) is 37.5 Å². The molecule has 7 heteroatoms. The van der Waals surface area contributed by atoms with Gasteiger partial charge in [-0.3, -0.25) is 4.79 Å². The van der Waals surface area contributed by atoms with Gasteiger partial charge >= 0.3 is 0 Å². The Hall–Kier alpha value is -1.11. The summed E-state index contributed by atoms with van der Waals surface area (Å²) < 4.78 is 24.6. The molecule has 5 nitrogen and oxygen atoms in total. The number of hydrogen-bond donors (Lipinski definition) is 1. The van der Waals surface area contributed by atoms with Crippen molar-refractivity contribution in [2.75, 3.05) is 19.3 Å². The van der Waals surface area contributed by atoms with Crippen LogP contribution in [-0.2, 0) is 14.8 Å². The Balaban J connectivity index is 1.98. The molecule has 1 fully saturated rings. The van der Waals surface area contributed by atoms with E-state index in [0.717, 1.165) is 5.56 Å². The molecular formula is C15H21ClN2O3S. The van der Waals surface area contributed by atoms with Crippen LogP contribution >= 0.6 is 11.6 Å². The molecule has 0 aromatic heterocycles. The molecule has 2 atom stereocenters. The predicted molar refractivity (Wildman–Crippen MR) is 87.2 cm³/mol. The fraction of sp³-hybridized carbons (Fsp3) is 0.533. The summed E-state index contributed by atoms with van der Waals surface area (Å²) in [5.41, 5.74) is 0.966. The van der Waals surface area contributed by atoms with Crippen LogP contribution in [0.15, 0.2) is 24.3 Å². The van der Waals surface area contributed by atoms with Crippen LogP contribution in [0, 0.1) is 5.92 Å². The maximum Gasteiger partial charge on any atom is 0.224 e. The molecule has 0 radical (unpaired) electrons. The number of nitrogens with zero attached hydrogens (tertiary/aromatic N) is 1. The van der Waals surface area contributed by atoms with E-state index >= 15 is 0 Å². The maximum atomic E-state index is 12.4. The Morgan fingerprint density at radius 2 is 2.00 bits per heavy atom. The molecule has 1 aliphatic rings. The fourth-order valence-corrected chi connectivity index (χ4v) is 3.66. The Morgan fingerprint density at radius 1 is 1.36 bits per heavy atom. The van der Waals surface area contributed by atoms with Gasteiger partial charge in [0.15, 0.2) is 0 Å². The lowest BCUT2D eigenvalue weighted by Crippen LogP contribution is -2.45. The zero-order valence-electron chi connectivity index (χ0n) is 12.8. The van der Waals surface area contributed by atoms with Crippen molar-refractivity contribution >= 4 is 27.5 Å². The number of benzene rings is 1. The highest BCUT2D eigenvalue weighted by Crippen LogP contribution is 2.21. The van der Waals surface area contributed by atoms with E-state index < -0.39 is 10.0 Å². The average molecular weight is 345 g/mol. The van der Waals surface area contributed by atoms with Crippen molar-refractivity contribution in [1.82, 2.24) is 9.62 Å². The van der Waals surface area contributed by atoms with Gasteiger partial charge in [0.05, 0.1) is 18.2 Å². The van der Waals surface area contributed by atoms with Crippen LogP contribution in [-0.4, -0.2) is 38.0 Å². The molecular weight excluding hydrogens is 324 g/mol. The first-order valence-corrected chi connectivity index (χ1v) is 9.51. The number of nitrogens with one attached hydrogen (secondary N) is 1. The average Bonchev–Trinajstić information content (AvgIpc) is 2.47. The second kappa shape index (κ2) is 6.98. The lowest BCUT2D eigenvalue weighted by atomic mass is 9.98. The standard InChI is InChI=1S/C15H21ClN2O3S/c1-11(12-5-7-14(16)8-6-12)17-15(19)13-4-3-9-18(10-13)22(2,20)21/h5-8,11,13H,3-4,9-10H2,1-2H3,(H,17,19). The first-order chi connectivity index (χ1) is 10.3. The normalized spacial score (nSPS) is 21.3. The molecule has 0 aliphatic carbocycles. The monoisotopic (exact) mass is 344 g/mol. The summed E-state index contributed by atoms with van der Waals surface area (Å²) in [5.74, 6) is -0.394. The van der Waals surface area contributed by atoms with E-state index in [1.165, 1.54) is 10.6 Å². The first-order valence-electron chi connectivity index (χ1n) is 7.28. The highest BCUT2D eigenvalue weighted by atomic mass is 35.5. The summed E-state index contributed by atoms with van der Waals surface area (Å²) in [4.78, 5) is 12.4. The molecule has 1 aliphatic heterocycles. The van der Waals surface area contributed by atoms with Crippen molar-refractivity contribution in [2.45, 2.75) is 25.8 Å². The minimum Gasteiger partial charge on any atom is -0.349 e. The van der Waals surface area contributed by atoms with E-state index in [1.807, 2.05) is 19.1 Å². The first kappa shape index (κ1) is 17.2. The third-order valence-electron chi connectivity index (χ3n) is 3.95. The Morgan fingerprint density at radius 3 is 2.59 bits per heavy atom. The van der Waals surface area contributed by atoms with Crippen LogP contribution in [0.4, 0.5) is 0 Å². The van der Waals surface area contributed by atoms with Crippen LogP contribution in [0.25, 0.3) is 0 Å². The van der Waals surface area contributed by atoms with Crippen molar-refractivity contribution in [1.29, 1.82) is 0 Å². The number of carbonyl (C=O) groups is 1. The molecule has 1 aromatic rings. The van der Waals surface area contributed by atoms with E-state index in [4.69, 9.17) is 11.6 Å². The molecule has 2 unspecified atom stereocenters. The van der Waals surface area contributed by atoms with Gasteiger partial charge in [-0.25, -0.2) is 12.7 Å². The molecule has 0 saturated carbocycles. The van der Waals surface area contributed by atoms with E-state index in [9.17, 15) is 13.2 Å². The van der Waals surface area contributed by atoms with Gasteiger partial charge in [0.1, 0.15) is 0 Å². The van der Waals surface area contributed by atoms with Crippen LogP contribution in [0.1, 0.15) is 31.4 Å². The van der Waals surface area contributed by atoms with Crippen molar-refractivity contribution in [2.24, 2.45) is 5.92 Å². The van der Waals surface area contributed by atoms with E-state index in [0.29, 0.717) is 24.4 Å². The Bertz CT molecular complexity index is 631. The zero-order chi connectivity index (χ0) is 16.3. The van der Waals surface area contributed by atoms with Crippen LogP contribution in [0.3, 0.4) is 0 Å². The summed E-state index contributed by atoms with van der Waals surface area (Å²) in [6.45, 7) is 2.66. The number of amides is 1. The van der Waals surface area contributed by atoms with Crippen LogP contribution < -0.4 is 5.32 Å². The highest BCUT2D eigenvalue weighted by molar-refractivity contribution is 7.88. The second-order valence-electron chi connectivity index (χ2n) is 5.74. The smallest absolute Gasteiger partial charge is 0.224 e. The molecule has 0 bridgehead atoms. The number of piperidine rings is 1. The zero-order valence-corrected chi connectivity index (χ0v) is 14.3. The SMILES string of the molecule is CC(NC(=O)C1CCCN(S(C)(=O)=O)C1)c1ccc(Cl)cc1. The van der Waals surface area contributed by atoms with Crippen LogP contribution in [0.2, 0.25) is 5.02 Å². The van der Waals surface area contributed by atoms with Crippen molar-refractivity contribution in [3.05, 3.63) is 34.9 Å². The number of halogens is 1. The molecule has 122 valence electrons. The molecule has 1 amide bonds. The van der Waals surface area contributed by atoms with Crippen molar-refractivity contribution < 1.29 is 13.2 Å². The highest BCUT2D eigenvalue weighted by Gasteiger charge is 2.30. The minimum absolute atomic E-state index is 0.101. The molecule has 2 rings (SSSR count). The fourth-order valence-electron chi connectivity index (χ4n) is 2.62. The topological polar surface area (TPSA) is 66.5 Å². The van der Waals surface area contributed by atoms with Gasteiger partial charge in [0.2, 0.25) is 15.9 Å². The second-order valence-corrected chi connectivity index (χ2v) is 8.16. The van der Waals surface area contributed by atoms with Crippen LogP contribution in [0.5, 0.6) is 0 Å². The van der Waals surface area contributed by atoms with Gasteiger partial charge in [0, 0.05) is 18.1 Å². The van der Waals surface area contributed by atoms with Crippen molar-refractivity contribution in [3.63, 3.8) is 0 Å². The third kappa shape index (κ3) is 4.44. The quantitative estimate of drug-likeness (QED) is 0.910. The van der Waals surface area contributed by atoms with Gasteiger partial charge in [-0.15, -0.1) is 0 Å². The predicted octanol–water partition coefficient (Wildman–Crippen LogP) is 2.19. The summed E-state index contributed by atoms with van der Waals surface area (Å²) in [6.07, 6.45) is 2.61. The largest absolute Gasteiger partial charge is 0.349 e. The van der Waals surface area contributed by atoms with E-state index in [1.54, 1.807) is 12.1 Å². The van der Waals surface area contributed by atoms with E-state index in [-0.39, 0.29) is 24.4 Å². The summed E-state index contributed by atoms with van der Waals surface area (Å²) in [6, 6.07) is 7.17. The third-order valence-corrected chi connectivity index (χ3v) is 5.47. The lowest BCUT2D eigenvalue weighted by Gasteiger charge is -2.30. The number of sulfonamides is 1. The molecule has 0 spiro atoms. The lowest BCUT2D eigenvalue weighted by molar-refractivity contribution is -0.126. The molecule has 22 heavy (non-hydrogen) atoms. The van der Waals surface area contributed by atoms with Gasteiger partial charge in [-0.1, -0.05) is 23.7 Å². The van der Waals surface area contributed by atoms with Gasteiger partial charge in [-0.2, -0.15) is 0 Å². The minimum atomic E-state index is -3.24. The summed E-state index contributed by atoms with van der Waals surface area (Å²) in [5, 5.41) is 3.61. The van der Waals surface area contributed by atoms with Gasteiger partial charge in [0.25, 0.3) is 0 Å². The maximum absolute atomic E-state index is 12.4.